The van der Waals surface area contributed by atoms with E-state index in [-0.39, 0.29) is 23.2 Å². The van der Waals surface area contributed by atoms with Crippen molar-refractivity contribution in [3.8, 4) is 0 Å². The molecule has 1 aliphatic carbocycles. The molecule has 0 radical (unpaired) electrons. The number of carbonyl (C=O) groups excluding carboxylic acids is 2. The molecule has 1 heterocycles. The minimum atomic E-state index is -1.17. The molecule has 2 amide bonds. The van der Waals surface area contributed by atoms with Gasteiger partial charge in [0.05, 0.1) is 5.41 Å². The van der Waals surface area contributed by atoms with E-state index in [0.717, 1.165) is 36.0 Å². The third-order valence-corrected chi connectivity index (χ3v) is 7.10. The highest BCUT2D eigenvalue weighted by Crippen LogP contribution is 2.48. The van der Waals surface area contributed by atoms with Crippen LogP contribution in [0.4, 0.5) is 0 Å². The van der Waals surface area contributed by atoms with E-state index < -0.39 is 5.54 Å². The molecule has 0 atom stereocenters. The third kappa shape index (κ3) is 4.09. The number of hydrogen-bond acceptors (Lipinski definition) is 4. The van der Waals surface area contributed by atoms with Gasteiger partial charge in [0.1, 0.15) is 0 Å². The minimum absolute atomic E-state index is 0.0918. The molecule has 5 rings (SSSR count). The molecule has 178 valence electrons. The summed E-state index contributed by atoms with van der Waals surface area (Å²) in [4.78, 5) is 32.9. The Labute approximate surface area is 205 Å². The number of aliphatic imine (C=N–C) groups is 1. The van der Waals surface area contributed by atoms with Crippen LogP contribution in [-0.2, 0) is 20.5 Å². The van der Waals surface area contributed by atoms with Crippen LogP contribution in [0.15, 0.2) is 96.0 Å². The predicted molar refractivity (Wildman–Crippen MR) is 137 cm³/mol. The summed E-state index contributed by atoms with van der Waals surface area (Å²) in [6, 6.07) is 29.1. The standard InChI is InChI=1S/C29H30N4O2/c30-27-32-29(23-14-6-2-7-15-23,24-16-8-3-9-17-24)26(35)33(27)21-11-10-20-31-25(34)28(18-19-28)22-12-4-1-5-13-22/h1-9,12-17H,10-11,18-21H2,(H2,30,32)(H,31,34). The molecule has 2 aliphatic rings. The number of nitrogens with two attached hydrogens (primary N) is 1. The number of carbonyl (C=O) groups is 2. The number of unbranched alkanes of at least 4 members (excludes halogenated alkanes) is 1. The van der Waals surface area contributed by atoms with Crippen molar-refractivity contribution < 1.29 is 9.59 Å². The maximum Gasteiger partial charge on any atom is 0.266 e. The molecule has 0 spiro atoms. The number of nitrogens with one attached hydrogen (secondary N) is 1. The highest BCUT2D eigenvalue weighted by atomic mass is 16.2. The van der Waals surface area contributed by atoms with Crippen LogP contribution in [0.25, 0.3) is 0 Å². The summed E-state index contributed by atoms with van der Waals surface area (Å²) in [5.41, 5.74) is 7.44. The molecule has 1 saturated carbocycles. The largest absolute Gasteiger partial charge is 0.369 e. The van der Waals surface area contributed by atoms with Gasteiger partial charge in [-0.2, -0.15) is 0 Å². The Morgan fingerprint density at radius 2 is 1.34 bits per heavy atom. The average Bonchev–Trinajstić information content (AvgIpc) is 3.68. The van der Waals surface area contributed by atoms with Crippen molar-refractivity contribution in [3.63, 3.8) is 0 Å². The summed E-state index contributed by atoms with van der Waals surface area (Å²) in [5, 5.41) is 3.10. The zero-order chi connectivity index (χ0) is 24.3. The Hall–Kier alpha value is -3.93. The van der Waals surface area contributed by atoms with Gasteiger partial charge in [-0.25, -0.2) is 4.99 Å². The fraction of sp³-hybridized carbons (Fsp3) is 0.276. The summed E-state index contributed by atoms with van der Waals surface area (Å²) in [5.74, 6) is 0.180. The lowest BCUT2D eigenvalue weighted by Gasteiger charge is -2.27. The first kappa shape index (κ1) is 22.8. The van der Waals surface area contributed by atoms with Gasteiger partial charge in [0.15, 0.2) is 11.5 Å². The second kappa shape index (κ2) is 9.37. The van der Waals surface area contributed by atoms with E-state index in [4.69, 9.17) is 10.7 Å². The van der Waals surface area contributed by atoms with E-state index in [1.165, 1.54) is 0 Å². The Bertz CT molecular complexity index is 1180. The van der Waals surface area contributed by atoms with Gasteiger partial charge in [0, 0.05) is 13.1 Å². The van der Waals surface area contributed by atoms with E-state index in [0.29, 0.717) is 19.5 Å². The Kier molecular flexibility index (Phi) is 6.12. The van der Waals surface area contributed by atoms with Gasteiger partial charge in [0.2, 0.25) is 5.91 Å². The van der Waals surface area contributed by atoms with Crippen molar-refractivity contribution >= 4 is 17.8 Å². The number of hydrogen-bond donors (Lipinski definition) is 2. The summed E-state index contributed by atoms with van der Waals surface area (Å²) in [7, 11) is 0. The molecule has 6 heteroatoms. The molecule has 6 nitrogen and oxygen atoms in total. The van der Waals surface area contributed by atoms with Gasteiger partial charge in [-0.1, -0.05) is 91.0 Å². The summed E-state index contributed by atoms with van der Waals surface area (Å²) in [6.07, 6.45) is 3.23. The van der Waals surface area contributed by atoms with Crippen molar-refractivity contribution in [2.24, 2.45) is 10.7 Å². The smallest absolute Gasteiger partial charge is 0.266 e. The van der Waals surface area contributed by atoms with Crippen molar-refractivity contribution in [2.45, 2.75) is 36.6 Å². The van der Waals surface area contributed by atoms with Crippen molar-refractivity contribution in [3.05, 3.63) is 108 Å². The predicted octanol–water partition coefficient (Wildman–Crippen LogP) is 3.72. The molecule has 1 aliphatic heterocycles. The Balaban J connectivity index is 1.22. The normalized spacial score (nSPS) is 17.7. The lowest BCUT2D eigenvalue weighted by atomic mass is 9.83. The molecule has 0 aromatic heterocycles. The maximum absolute atomic E-state index is 13.8. The number of rotatable bonds is 9. The van der Waals surface area contributed by atoms with Crippen LogP contribution in [0.5, 0.6) is 0 Å². The number of amides is 2. The van der Waals surface area contributed by atoms with Crippen LogP contribution >= 0.6 is 0 Å². The molecule has 0 unspecified atom stereocenters. The highest BCUT2D eigenvalue weighted by Gasteiger charge is 2.51. The third-order valence-electron chi connectivity index (χ3n) is 7.10. The van der Waals surface area contributed by atoms with Crippen molar-refractivity contribution in [1.82, 2.24) is 10.2 Å². The summed E-state index contributed by atoms with van der Waals surface area (Å²) in [6.45, 7) is 1.02. The fourth-order valence-electron chi connectivity index (χ4n) is 4.99. The summed E-state index contributed by atoms with van der Waals surface area (Å²) < 4.78 is 0. The summed E-state index contributed by atoms with van der Waals surface area (Å²) >= 11 is 0. The first-order chi connectivity index (χ1) is 17.1. The van der Waals surface area contributed by atoms with Gasteiger partial charge in [-0.05, 0) is 42.4 Å². The number of nitrogens with zero attached hydrogens (tertiary/aromatic N) is 2. The molecule has 1 fully saturated rings. The fourth-order valence-corrected chi connectivity index (χ4v) is 4.99. The van der Waals surface area contributed by atoms with Gasteiger partial charge < -0.3 is 11.1 Å². The van der Waals surface area contributed by atoms with Gasteiger partial charge in [-0.3, -0.25) is 14.5 Å². The van der Waals surface area contributed by atoms with E-state index in [9.17, 15) is 9.59 Å². The number of guanidine groups is 1. The molecule has 0 saturated heterocycles. The zero-order valence-corrected chi connectivity index (χ0v) is 19.7. The lowest BCUT2D eigenvalue weighted by molar-refractivity contribution is -0.130. The Morgan fingerprint density at radius 1 is 0.829 bits per heavy atom. The molecule has 3 aromatic rings. The maximum atomic E-state index is 13.8. The molecule has 0 bridgehead atoms. The molecular formula is C29H30N4O2. The quantitative estimate of drug-likeness (QED) is 0.471. The van der Waals surface area contributed by atoms with Crippen LogP contribution < -0.4 is 11.1 Å². The van der Waals surface area contributed by atoms with Crippen molar-refractivity contribution in [1.29, 1.82) is 0 Å². The lowest BCUT2D eigenvalue weighted by Crippen LogP contribution is -2.44. The van der Waals surface area contributed by atoms with Gasteiger partial charge >= 0.3 is 0 Å². The second-order valence-electron chi connectivity index (χ2n) is 9.28. The van der Waals surface area contributed by atoms with E-state index in [1.807, 2.05) is 91.0 Å². The Morgan fingerprint density at radius 3 is 1.86 bits per heavy atom. The van der Waals surface area contributed by atoms with E-state index >= 15 is 0 Å². The van der Waals surface area contributed by atoms with Crippen LogP contribution in [0.1, 0.15) is 42.4 Å². The average molecular weight is 467 g/mol. The first-order valence-electron chi connectivity index (χ1n) is 12.2. The van der Waals surface area contributed by atoms with Gasteiger partial charge in [0.25, 0.3) is 5.91 Å². The monoisotopic (exact) mass is 466 g/mol. The van der Waals surface area contributed by atoms with Crippen LogP contribution in [0.2, 0.25) is 0 Å². The first-order valence-corrected chi connectivity index (χ1v) is 12.2. The van der Waals surface area contributed by atoms with E-state index in [1.54, 1.807) is 4.90 Å². The number of benzene rings is 3. The SMILES string of the molecule is NC1=NC(c2ccccc2)(c2ccccc2)C(=O)N1CCCCNC(=O)C1(c2ccccc2)CC1. The molecule has 35 heavy (non-hydrogen) atoms. The van der Waals surface area contributed by atoms with Gasteiger partial charge in [-0.15, -0.1) is 0 Å². The molecule has 3 N–H and O–H groups in total. The molecular weight excluding hydrogens is 436 g/mol. The second-order valence-corrected chi connectivity index (χ2v) is 9.28. The highest BCUT2D eigenvalue weighted by molar-refractivity contribution is 6.09. The van der Waals surface area contributed by atoms with E-state index in [2.05, 4.69) is 5.32 Å². The minimum Gasteiger partial charge on any atom is -0.369 e. The van der Waals surface area contributed by atoms with Crippen molar-refractivity contribution in [2.75, 3.05) is 13.1 Å². The van der Waals surface area contributed by atoms with Crippen LogP contribution in [0, 0.1) is 0 Å². The topological polar surface area (TPSA) is 87.8 Å². The molecule has 3 aromatic carbocycles. The zero-order valence-electron chi connectivity index (χ0n) is 19.7. The van der Waals surface area contributed by atoms with Crippen LogP contribution in [0.3, 0.4) is 0 Å². The van der Waals surface area contributed by atoms with Crippen LogP contribution in [-0.4, -0.2) is 35.8 Å².